The molecule has 4 fully saturated rings. The van der Waals surface area contributed by atoms with Gasteiger partial charge >= 0.3 is 0 Å². The van der Waals surface area contributed by atoms with Gasteiger partial charge in [0.15, 0.2) is 5.82 Å². The summed E-state index contributed by atoms with van der Waals surface area (Å²) in [5.74, 6) is 4.94. The van der Waals surface area contributed by atoms with Gasteiger partial charge in [-0.2, -0.15) is 0 Å². The Kier molecular flexibility index (Phi) is 5.27. The largest absolute Gasteiger partial charge is 0.367 e. The standard InChI is InChI=1S/C23H30N6O/c30-22(15-23-12-16-9-17(13-23)11-18(10-16)14-23)26-8-7-25-20-4-5-21(29-28-20)27-19-3-1-2-6-24-19/h1-6,16-18H,7-15H2,(H,25,28)(H,26,30)(H,24,27,29). The van der Waals surface area contributed by atoms with Crippen molar-refractivity contribution >= 4 is 23.4 Å². The molecule has 2 heterocycles. The van der Waals surface area contributed by atoms with E-state index in [1.807, 2.05) is 30.3 Å². The number of carbonyl (C=O) groups is 1. The van der Waals surface area contributed by atoms with E-state index < -0.39 is 0 Å². The molecule has 4 bridgehead atoms. The summed E-state index contributed by atoms with van der Waals surface area (Å²) in [6.45, 7) is 1.23. The zero-order chi connectivity index (χ0) is 20.4. The number of rotatable bonds is 8. The normalized spacial score (nSPS) is 28.9. The monoisotopic (exact) mass is 406 g/mol. The first-order valence-corrected chi connectivity index (χ1v) is 11.2. The maximum absolute atomic E-state index is 12.6. The Morgan fingerprint density at radius 3 is 2.23 bits per heavy atom. The molecule has 0 atom stereocenters. The van der Waals surface area contributed by atoms with Crippen LogP contribution in [0, 0.1) is 23.2 Å². The first-order chi connectivity index (χ1) is 14.7. The van der Waals surface area contributed by atoms with E-state index in [-0.39, 0.29) is 5.91 Å². The third kappa shape index (κ3) is 4.40. The molecule has 158 valence electrons. The van der Waals surface area contributed by atoms with E-state index in [0.29, 0.717) is 36.6 Å². The Balaban J connectivity index is 1.04. The maximum atomic E-state index is 12.6. The lowest BCUT2D eigenvalue weighted by Crippen LogP contribution is -2.48. The molecule has 7 nitrogen and oxygen atoms in total. The summed E-state index contributed by atoms with van der Waals surface area (Å²) in [7, 11) is 0. The van der Waals surface area contributed by atoms with Gasteiger partial charge in [-0.3, -0.25) is 4.79 Å². The van der Waals surface area contributed by atoms with Crippen LogP contribution < -0.4 is 16.0 Å². The first-order valence-electron chi connectivity index (χ1n) is 11.2. The van der Waals surface area contributed by atoms with E-state index >= 15 is 0 Å². The predicted octanol–water partition coefficient (Wildman–Crippen LogP) is 3.75. The minimum Gasteiger partial charge on any atom is -0.367 e. The lowest BCUT2D eigenvalue weighted by atomic mass is 9.49. The third-order valence-corrected chi connectivity index (χ3v) is 7.04. The second-order valence-corrected chi connectivity index (χ2v) is 9.51. The highest BCUT2D eigenvalue weighted by atomic mass is 16.1. The zero-order valence-corrected chi connectivity index (χ0v) is 17.3. The Morgan fingerprint density at radius 1 is 0.900 bits per heavy atom. The van der Waals surface area contributed by atoms with Crippen LogP contribution in [0.5, 0.6) is 0 Å². The van der Waals surface area contributed by atoms with Gasteiger partial charge in [0.1, 0.15) is 11.6 Å². The molecule has 6 rings (SSSR count). The molecule has 2 aromatic rings. The van der Waals surface area contributed by atoms with Gasteiger partial charge in [-0.25, -0.2) is 4.98 Å². The summed E-state index contributed by atoms with van der Waals surface area (Å²) in [4.78, 5) is 16.8. The van der Waals surface area contributed by atoms with Crippen molar-refractivity contribution in [2.45, 2.75) is 44.9 Å². The molecule has 0 aliphatic heterocycles. The van der Waals surface area contributed by atoms with Crippen LogP contribution in [0.2, 0.25) is 0 Å². The molecular formula is C23H30N6O. The summed E-state index contributed by atoms with van der Waals surface area (Å²) in [5, 5.41) is 17.8. The Labute approximate surface area is 177 Å². The SMILES string of the molecule is O=C(CC12CC3CC(CC(C3)C1)C2)NCCNc1ccc(Nc2ccccn2)nn1. The van der Waals surface area contributed by atoms with E-state index in [1.54, 1.807) is 6.20 Å². The Morgan fingerprint density at radius 2 is 1.60 bits per heavy atom. The summed E-state index contributed by atoms with van der Waals surface area (Å²) in [5.41, 5.74) is 0.300. The van der Waals surface area contributed by atoms with Crippen LogP contribution in [0.15, 0.2) is 36.5 Å². The fraction of sp³-hybridized carbons (Fsp3) is 0.565. The average molecular weight is 407 g/mol. The fourth-order valence-electron chi connectivity index (χ4n) is 6.36. The third-order valence-electron chi connectivity index (χ3n) is 7.04. The molecule has 2 aromatic heterocycles. The molecule has 0 spiro atoms. The predicted molar refractivity (Wildman–Crippen MR) is 116 cm³/mol. The van der Waals surface area contributed by atoms with Crippen molar-refractivity contribution in [3.05, 3.63) is 36.5 Å². The summed E-state index contributed by atoms with van der Waals surface area (Å²) >= 11 is 0. The van der Waals surface area contributed by atoms with Crippen LogP contribution in [-0.4, -0.2) is 34.2 Å². The maximum Gasteiger partial charge on any atom is 0.220 e. The van der Waals surface area contributed by atoms with Gasteiger partial charge in [-0.1, -0.05) is 6.07 Å². The van der Waals surface area contributed by atoms with E-state index in [2.05, 4.69) is 31.1 Å². The number of hydrogen-bond donors (Lipinski definition) is 3. The highest BCUT2D eigenvalue weighted by Gasteiger charge is 2.51. The highest BCUT2D eigenvalue weighted by Crippen LogP contribution is 2.61. The number of anilines is 3. The topological polar surface area (TPSA) is 91.8 Å². The lowest BCUT2D eigenvalue weighted by Gasteiger charge is -2.56. The van der Waals surface area contributed by atoms with Gasteiger partial charge < -0.3 is 16.0 Å². The van der Waals surface area contributed by atoms with E-state index in [4.69, 9.17) is 0 Å². The molecular weight excluding hydrogens is 376 g/mol. The number of nitrogens with zero attached hydrogens (tertiary/aromatic N) is 3. The van der Waals surface area contributed by atoms with Crippen LogP contribution in [-0.2, 0) is 4.79 Å². The number of pyridine rings is 1. The van der Waals surface area contributed by atoms with Crippen molar-refractivity contribution in [2.24, 2.45) is 23.2 Å². The molecule has 4 aliphatic rings. The van der Waals surface area contributed by atoms with Crippen LogP contribution in [0.25, 0.3) is 0 Å². The summed E-state index contributed by atoms with van der Waals surface area (Å²) in [6, 6.07) is 9.38. The molecule has 4 saturated carbocycles. The Hall–Kier alpha value is -2.70. The molecule has 4 aliphatic carbocycles. The Bertz CT molecular complexity index is 834. The number of nitrogens with one attached hydrogen (secondary N) is 3. The number of carbonyl (C=O) groups excluding carboxylic acids is 1. The summed E-state index contributed by atoms with van der Waals surface area (Å²) in [6.07, 6.45) is 10.5. The minimum atomic E-state index is 0.208. The van der Waals surface area contributed by atoms with E-state index in [0.717, 1.165) is 23.6 Å². The quantitative estimate of drug-likeness (QED) is 0.578. The molecule has 1 amide bonds. The van der Waals surface area contributed by atoms with E-state index in [9.17, 15) is 4.79 Å². The lowest BCUT2D eigenvalue weighted by molar-refractivity contribution is -0.129. The van der Waals surface area contributed by atoms with Gasteiger partial charge in [-0.15, -0.1) is 10.2 Å². The van der Waals surface area contributed by atoms with Crippen molar-refractivity contribution in [1.82, 2.24) is 20.5 Å². The number of hydrogen-bond acceptors (Lipinski definition) is 6. The van der Waals surface area contributed by atoms with Crippen molar-refractivity contribution in [1.29, 1.82) is 0 Å². The van der Waals surface area contributed by atoms with Crippen LogP contribution in [0.4, 0.5) is 17.5 Å². The second-order valence-electron chi connectivity index (χ2n) is 9.51. The van der Waals surface area contributed by atoms with E-state index in [1.165, 1.54) is 38.5 Å². The van der Waals surface area contributed by atoms with Gasteiger partial charge in [-0.05, 0) is 86.0 Å². The second kappa shape index (κ2) is 8.20. The highest BCUT2D eigenvalue weighted by molar-refractivity contribution is 5.76. The fourth-order valence-corrected chi connectivity index (χ4v) is 6.36. The van der Waals surface area contributed by atoms with Crippen LogP contribution >= 0.6 is 0 Å². The molecule has 0 saturated heterocycles. The molecule has 3 N–H and O–H groups in total. The zero-order valence-electron chi connectivity index (χ0n) is 17.3. The summed E-state index contributed by atoms with van der Waals surface area (Å²) < 4.78 is 0. The first kappa shape index (κ1) is 19.3. The average Bonchev–Trinajstić information content (AvgIpc) is 2.72. The van der Waals surface area contributed by atoms with Gasteiger partial charge in [0.2, 0.25) is 5.91 Å². The number of aromatic nitrogens is 3. The van der Waals surface area contributed by atoms with Crippen molar-refractivity contribution in [3.63, 3.8) is 0 Å². The smallest absolute Gasteiger partial charge is 0.220 e. The van der Waals surface area contributed by atoms with Gasteiger partial charge in [0.05, 0.1) is 0 Å². The van der Waals surface area contributed by atoms with Gasteiger partial charge in [0, 0.05) is 25.7 Å². The molecule has 7 heteroatoms. The van der Waals surface area contributed by atoms with Crippen molar-refractivity contribution in [3.8, 4) is 0 Å². The number of amides is 1. The van der Waals surface area contributed by atoms with Crippen LogP contribution in [0.1, 0.15) is 44.9 Å². The molecule has 0 radical (unpaired) electrons. The van der Waals surface area contributed by atoms with Crippen molar-refractivity contribution in [2.75, 3.05) is 23.7 Å². The minimum absolute atomic E-state index is 0.208. The molecule has 0 unspecified atom stereocenters. The van der Waals surface area contributed by atoms with Crippen molar-refractivity contribution < 1.29 is 4.79 Å². The van der Waals surface area contributed by atoms with Crippen LogP contribution in [0.3, 0.4) is 0 Å². The van der Waals surface area contributed by atoms with Gasteiger partial charge in [0.25, 0.3) is 0 Å². The molecule has 30 heavy (non-hydrogen) atoms. The molecule has 0 aromatic carbocycles.